The van der Waals surface area contributed by atoms with E-state index in [2.05, 4.69) is 5.32 Å². The summed E-state index contributed by atoms with van der Waals surface area (Å²) in [5.41, 5.74) is 0.913. The first-order valence-corrected chi connectivity index (χ1v) is 7.08. The van der Waals surface area contributed by atoms with Gasteiger partial charge in [0.05, 0.1) is 21.6 Å². The topological polar surface area (TPSA) is 72.2 Å². The van der Waals surface area contributed by atoms with Crippen LogP contribution in [0.2, 0.25) is 5.02 Å². The quantitative estimate of drug-likeness (QED) is 0.689. The van der Waals surface area contributed by atoms with Crippen molar-refractivity contribution in [2.24, 2.45) is 0 Å². The summed E-state index contributed by atoms with van der Waals surface area (Å²) in [5.74, 6) is -0.433. The Bertz CT molecular complexity index is 643. The number of hydrogen-bond donors (Lipinski definition) is 1. The van der Waals surface area contributed by atoms with E-state index >= 15 is 0 Å². The Hall–Kier alpha value is -1.92. The normalized spacial score (nSPS) is 11.9. The van der Waals surface area contributed by atoms with Crippen molar-refractivity contribution in [3.05, 3.63) is 61.3 Å². The summed E-state index contributed by atoms with van der Waals surface area (Å²) in [5, 5.41) is 17.5. The Morgan fingerprint density at radius 3 is 2.80 bits per heavy atom. The number of thiophene rings is 1. The van der Waals surface area contributed by atoms with Crippen LogP contribution in [0.4, 0.5) is 5.69 Å². The molecule has 0 saturated heterocycles. The van der Waals surface area contributed by atoms with Crippen LogP contribution in [0.25, 0.3) is 0 Å². The zero-order valence-corrected chi connectivity index (χ0v) is 12.1. The molecule has 104 valence electrons. The first kappa shape index (κ1) is 14.5. The fraction of sp³-hybridized carbons (Fsp3) is 0.154. The average Bonchev–Trinajstić information content (AvgIpc) is 2.92. The Morgan fingerprint density at radius 2 is 2.20 bits per heavy atom. The lowest BCUT2D eigenvalue weighted by Gasteiger charge is -2.13. The fourth-order valence-corrected chi connectivity index (χ4v) is 2.64. The van der Waals surface area contributed by atoms with Crippen molar-refractivity contribution in [3.63, 3.8) is 0 Å². The number of carbonyl (C=O) groups is 1. The van der Waals surface area contributed by atoms with Crippen LogP contribution in [0.1, 0.15) is 28.9 Å². The standard InChI is InChI=1S/C13H11ClN2O3S/c1-8(9-4-5-20-7-9)15-13(17)11-6-10(16(18)19)2-3-12(11)14/h2-8H,1H3,(H,15,17). The second-order valence-corrected chi connectivity index (χ2v) is 5.36. The van der Waals surface area contributed by atoms with E-state index in [-0.39, 0.29) is 22.3 Å². The molecule has 0 bridgehead atoms. The van der Waals surface area contributed by atoms with Crippen LogP contribution in [0, 0.1) is 10.1 Å². The van der Waals surface area contributed by atoms with Gasteiger partial charge < -0.3 is 5.32 Å². The summed E-state index contributed by atoms with van der Waals surface area (Å²) < 4.78 is 0. The zero-order valence-electron chi connectivity index (χ0n) is 10.5. The van der Waals surface area contributed by atoms with E-state index in [9.17, 15) is 14.9 Å². The van der Waals surface area contributed by atoms with Gasteiger partial charge in [-0.1, -0.05) is 11.6 Å². The molecule has 0 radical (unpaired) electrons. The summed E-state index contributed by atoms with van der Waals surface area (Å²) in [6, 6.07) is 5.51. The molecule has 0 aliphatic heterocycles. The molecule has 2 aromatic rings. The average molecular weight is 311 g/mol. The minimum Gasteiger partial charge on any atom is -0.345 e. The van der Waals surface area contributed by atoms with E-state index in [1.807, 2.05) is 23.8 Å². The third kappa shape index (κ3) is 3.15. The lowest BCUT2D eigenvalue weighted by atomic mass is 10.1. The van der Waals surface area contributed by atoms with Gasteiger partial charge in [-0.25, -0.2) is 0 Å². The molecule has 0 aliphatic rings. The second-order valence-electron chi connectivity index (χ2n) is 4.17. The van der Waals surface area contributed by atoms with Crippen LogP contribution in [-0.2, 0) is 0 Å². The molecular formula is C13H11ClN2O3S. The Labute approximate surface area is 124 Å². The largest absolute Gasteiger partial charge is 0.345 e. The highest BCUT2D eigenvalue weighted by Crippen LogP contribution is 2.23. The molecule has 0 saturated carbocycles. The lowest BCUT2D eigenvalue weighted by Crippen LogP contribution is -2.26. The Balaban J connectivity index is 2.20. The van der Waals surface area contributed by atoms with E-state index in [1.165, 1.54) is 29.5 Å². The number of amides is 1. The van der Waals surface area contributed by atoms with Crippen molar-refractivity contribution in [2.75, 3.05) is 0 Å². The Kier molecular flexibility index (Phi) is 4.36. The monoisotopic (exact) mass is 310 g/mol. The number of nitrogens with one attached hydrogen (secondary N) is 1. The number of nitrogens with zero attached hydrogens (tertiary/aromatic N) is 1. The van der Waals surface area contributed by atoms with Gasteiger partial charge in [0.25, 0.3) is 11.6 Å². The van der Waals surface area contributed by atoms with Crippen molar-refractivity contribution in [1.82, 2.24) is 5.32 Å². The van der Waals surface area contributed by atoms with Crippen LogP contribution in [0.15, 0.2) is 35.0 Å². The minimum absolute atomic E-state index is 0.1000. The van der Waals surface area contributed by atoms with Crippen molar-refractivity contribution >= 4 is 34.5 Å². The summed E-state index contributed by atoms with van der Waals surface area (Å²) in [6.45, 7) is 1.84. The van der Waals surface area contributed by atoms with Gasteiger partial charge in [-0.3, -0.25) is 14.9 Å². The molecular weight excluding hydrogens is 300 g/mol. The highest BCUT2D eigenvalue weighted by molar-refractivity contribution is 7.07. The van der Waals surface area contributed by atoms with Crippen molar-refractivity contribution < 1.29 is 9.72 Å². The SMILES string of the molecule is CC(NC(=O)c1cc([N+](=O)[O-])ccc1Cl)c1ccsc1. The predicted molar refractivity (Wildman–Crippen MR) is 78.3 cm³/mol. The second kappa shape index (κ2) is 6.02. The first-order valence-electron chi connectivity index (χ1n) is 5.76. The van der Waals surface area contributed by atoms with Crippen molar-refractivity contribution in [1.29, 1.82) is 0 Å². The van der Waals surface area contributed by atoms with Crippen molar-refractivity contribution in [2.45, 2.75) is 13.0 Å². The summed E-state index contributed by atoms with van der Waals surface area (Å²) in [6.07, 6.45) is 0. The minimum atomic E-state index is -0.560. The van der Waals surface area contributed by atoms with Crippen molar-refractivity contribution in [3.8, 4) is 0 Å². The summed E-state index contributed by atoms with van der Waals surface area (Å²) in [7, 11) is 0. The smallest absolute Gasteiger partial charge is 0.270 e. The third-order valence-corrected chi connectivity index (χ3v) is 3.83. The van der Waals surface area contributed by atoms with Gasteiger partial charge in [0.2, 0.25) is 0 Å². The van der Waals surface area contributed by atoms with Crippen LogP contribution in [-0.4, -0.2) is 10.8 Å². The number of benzene rings is 1. The number of non-ortho nitro benzene ring substituents is 1. The molecule has 20 heavy (non-hydrogen) atoms. The van der Waals surface area contributed by atoms with E-state index < -0.39 is 10.8 Å². The number of halogens is 1. The van der Waals surface area contributed by atoms with Gasteiger partial charge in [-0.2, -0.15) is 11.3 Å². The number of nitro benzene ring substituents is 1. The lowest BCUT2D eigenvalue weighted by molar-refractivity contribution is -0.384. The van der Waals surface area contributed by atoms with Gasteiger partial charge in [0, 0.05) is 12.1 Å². The molecule has 0 fully saturated rings. The maximum absolute atomic E-state index is 12.1. The molecule has 1 aromatic carbocycles. The molecule has 1 atom stereocenters. The first-order chi connectivity index (χ1) is 9.49. The maximum Gasteiger partial charge on any atom is 0.270 e. The van der Waals surface area contributed by atoms with E-state index in [0.29, 0.717) is 0 Å². The Morgan fingerprint density at radius 1 is 1.45 bits per heavy atom. The molecule has 1 aromatic heterocycles. The number of carbonyl (C=O) groups excluding carboxylic acids is 1. The molecule has 1 amide bonds. The third-order valence-electron chi connectivity index (χ3n) is 2.80. The highest BCUT2D eigenvalue weighted by Gasteiger charge is 2.18. The van der Waals surface area contributed by atoms with Gasteiger partial charge in [0.15, 0.2) is 0 Å². The number of hydrogen-bond acceptors (Lipinski definition) is 4. The molecule has 5 nitrogen and oxygen atoms in total. The predicted octanol–water partition coefficient (Wildman–Crippen LogP) is 3.80. The van der Waals surface area contributed by atoms with Gasteiger partial charge in [0.1, 0.15) is 0 Å². The van der Waals surface area contributed by atoms with Gasteiger partial charge >= 0.3 is 0 Å². The summed E-state index contributed by atoms with van der Waals surface area (Å²) in [4.78, 5) is 22.3. The van der Waals surface area contributed by atoms with Crippen LogP contribution >= 0.6 is 22.9 Å². The number of nitro groups is 1. The van der Waals surface area contributed by atoms with Crippen LogP contribution < -0.4 is 5.32 Å². The zero-order chi connectivity index (χ0) is 14.7. The molecule has 2 rings (SSSR count). The highest BCUT2D eigenvalue weighted by atomic mass is 35.5. The molecule has 7 heteroatoms. The fourth-order valence-electron chi connectivity index (χ4n) is 1.68. The van der Waals surface area contributed by atoms with Crippen LogP contribution in [0.3, 0.4) is 0 Å². The molecule has 1 N–H and O–H groups in total. The van der Waals surface area contributed by atoms with Gasteiger partial charge in [-0.15, -0.1) is 0 Å². The molecule has 1 unspecified atom stereocenters. The van der Waals surface area contributed by atoms with E-state index in [4.69, 9.17) is 11.6 Å². The van der Waals surface area contributed by atoms with Crippen LogP contribution in [0.5, 0.6) is 0 Å². The van der Waals surface area contributed by atoms with Gasteiger partial charge in [-0.05, 0) is 35.4 Å². The maximum atomic E-state index is 12.1. The summed E-state index contributed by atoms with van der Waals surface area (Å²) >= 11 is 7.46. The molecule has 1 heterocycles. The molecule has 0 aliphatic carbocycles. The van der Waals surface area contributed by atoms with E-state index in [1.54, 1.807) is 0 Å². The van der Waals surface area contributed by atoms with E-state index in [0.717, 1.165) is 5.56 Å². The number of rotatable bonds is 4. The molecule has 0 spiro atoms.